The van der Waals surface area contributed by atoms with E-state index < -0.39 is 0 Å². The smallest absolute Gasteiger partial charge is 0.127 e. The molecule has 0 unspecified atom stereocenters. The van der Waals surface area contributed by atoms with Crippen LogP contribution < -0.4 is 4.74 Å². The van der Waals surface area contributed by atoms with Gasteiger partial charge in [0.25, 0.3) is 0 Å². The lowest BCUT2D eigenvalue weighted by Gasteiger charge is -2.26. The first kappa shape index (κ1) is 21.6. The van der Waals surface area contributed by atoms with Gasteiger partial charge < -0.3 is 9.84 Å². The van der Waals surface area contributed by atoms with Crippen molar-refractivity contribution < 1.29 is 9.84 Å². The van der Waals surface area contributed by atoms with Crippen LogP contribution in [0.1, 0.15) is 97.6 Å². The minimum Gasteiger partial charge on any atom is -0.508 e. The summed E-state index contributed by atoms with van der Waals surface area (Å²) < 4.78 is 6.24. The fourth-order valence-corrected chi connectivity index (χ4v) is 3.32. The maximum absolute atomic E-state index is 10.7. The van der Waals surface area contributed by atoms with Crippen LogP contribution in [-0.4, -0.2) is 10.7 Å². The lowest BCUT2D eigenvalue weighted by molar-refractivity contribution is 0.128. The molecule has 0 aliphatic rings. The molecule has 1 rings (SSSR count). The zero-order valence-electron chi connectivity index (χ0n) is 17.4. The van der Waals surface area contributed by atoms with Gasteiger partial charge in [-0.05, 0) is 77.0 Å². The van der Waals surface area contributed by atoms with E-state index in [9.17, 15) is 5.11 Å². The molecule has 0 aromatic heterocycles. The van der Waals surface area contributed by atoms with E-state index in [0.29, 0.717) is 5.75 Å². The molecule has 1 aromatic carbocycles. The van der Waals surface area contributed by atoms with E-state index in [-0.39, 0.29) is 11.5 Å². The minimum atomic E-state index is -0.281. The highest BCUT2D eigenvalue weighted by Crippen LogP contribution is 2.40. The Kier molecular flexibility index (Phi) is 8.55. The maximum Gasteiger partial charge on any atom is 0.127 e. The summed E-state index contributed by atoms with van der Waals surface area (Å²) in [6, 6.07) is 4.08. The topological polar surface area (TPSA) is 29.5 Å². The van der Waals surface area contributed by atoms with E-state index in [1.54, 1.807) is 0 Å². The third kappa shape index (κ3) is 7.54. The summed E-state index contributed by atoms with van der Waals surface area (Å²) in [6.45, 7) is 14.9. The normalized spacial score (nSPS) is 13.8. The Morgan fingerprint density at radius 2 is 1.88 bits per heavy atom. The third-order valence-corrected chi connectivity index (χ3v) is 4.34. The van der Waals surface area contributed by atoms with E-state index in [1.165, 1.54) is 24.0 Å². The first-order valence-corrected chi connectivity index (χ1v) is 9.88. The number of ether oxygens (including phenoxy) is 1. The quantitative estimate of drug-likeness (QED) is 0.380. The van der Waals surface area contributed by atoms with Crippen LogP contribution in [0, 0.1) is 0 Å². The van der Waals surface area contributed by atoms with Gasteiger partial charge in [-0.15, -0.1) is 0 Å². The van der Waals surface area contributed by atoms with E-state index >= 15 is 0 Å². The molecule has 1 N–H and O–H groups in total. The second kappa shape index (κ2) is 9.89. The molecular formula is C23H38O2. The molecule has 25 heavy (non-hydrogen) atoms. The zero-order chi connectivity index (χ0) is 19.0. The molecule has 0 saturated carbocycles. The second-order valence-corrected chi connectivity index (χ2v) is 8.26. The van der Waals surface area contributed by atoms with E-state index in [4.69, 9.17) is 4.74 Å². The maximum atomic E-state index is 10.7. The number of allylic oxidation sites excluding steroid dienone is 2. The van der Waals surface area contributed by atoms with E-state index in [0.717, 1.165) is 37.0 Å². The second-order valence-electron chi connectivity index (χ2n) is 8.26. The van der Waals surface area contributed by atoms with Crippen molar-refractivity contribution in [3.05, 3.63) is 34.9 Å². The molecule has 0 fully saturated rings. The predicted molar refractivity (Wildman–Crippen MR) is 109 cm³/mol. The number of phenolic OH excluding ortho intramolecular Hbond substituents is 1. The van der Waals surface area contributed by atoms with Gasteiger partial charge in [0.2, 0.25) is 0 Å². The van der Waals surface area contributed by atoms with Crippen molar-refractivity contribution in [3.63, 3.8) is 0 Å². The summed E-state index contributed by atoms with van der Waals surface area (Å²) in [5.41, 5.74) is 3.19. The van der Waals surface area contributed by atoms with Gasteiger partial charge in [-0.1, -0.05) is 45.3 Å². The van der Waals surface area contributed by atoms with Crippen molar-refractivity contribution in [1.82, 2.24) is 0 Å². The minimum absolute atomic E-state index is 0.227. The van der Waals surface area contributed by atoms with Crippen molar-refractivity contribution >= 4 is 0 Å². The van der Waals surface area contributed by atoms with E-state index in [2.05, 4.69) is 60.6 Å². The van der Waals surface area contributed by atoms with Crippen molar-refractivity contribution in [3.8, 4) is 11.5 Å². The molecule has 1 atom stereocenters. The fourth-order valence-electron chi connectivity index (χ4n) is 3.32. The average molecular weight is 347 g/mol. The van der Waals surface area contributed by atoms with Gasteiger partial charge in [0, 0.05) is 5.56 Å². The SMILES string of the molecule is CC/C=C(/C)C[C@H](C)c1c(O)cc(CCCCC)cc1OC(C)(C)C. The summed E-state index contributed by atoms with van der Waals surface area (Å²) in [5, 5.41) is 10.7. The first-order chi connectivity index (χ1) is 11.7. The molecule has 0 heterocycles. The molecule has 0 aliphatic carbocycles. The van der Waals surface area contributed by atoms with Crippen molar-refractivity contribution in [1.29, 1.82) is 0 Å². The number of hydrogen-bond acceptors (Lipinski definition) is 2. The summed E-state index contributed by atoms with van der Waals surface area (Å²) in [6.07, 6.45) is 8.81. The number of aryl methyl sites for hydroxylation is 1. The third-order valence-electron chi connectivity index (χ3n) is 4.34. The number of phenols is 1. The molecule has 0 bridgehead atoms. The largest absolute Gasteiger partial charge is 0.508 e. The van der Waals surface area contributed by atoms with Crippen molar-refractivity contribution in [2.75, 3.05) is 0 Å². The van der Waals surface area contributed by atoms with Gasteiger partial charge in [-0.2, -0.15) is 0 Å². The lowest BCUT2D eigenvalue weighted by Crippen LogP contribution is -2.24. The molecule has 0 radical (unpaired) electrons. The number of hydrogen-bond donors (Lipinski definition) is 1. The van der Waals surface area contributed by atoms with Gasteiger partial charge in [0.1, 0.15) is 17.1 Å². The van der Waals surface area contributed by atoms with Gasteiger partial charge in [0.15, 0.2) is 0 Å². The van der Waals surface area contributed by atoms with Crippen molar-refractivity contribution in [2.24, 2.45) is 0 Å². The summed E-state index contributed by atoms with van der Waals surface area (Å²) in [5.74, 6) is 1.45. The number of aromatic hydroxyl groups is 1. The van der Waals surface area contributed by atoms with Crippen molar-refractivity contribution in [2.45, 2.75) is 98.5 Å². The van der Waals surface area contributed by atoms with E-state index in [1.807, 2.05) is 6.07 Å². The highest BCUT2D eigenvalue weighted by Gasteiger charge is 2.22. The molecule has 0 amide bonds. The monoisotopic (exact) mass is 346 g/mol. The van der Waals surface area contributed by atoms with Gasteiger partial charge in [-0.3, -0.25) is 0 Å². The van der Waals surface area contributed by atoms with Crippen LogP contribution >= 0.6 is 0 Å². The molecule has 2 nitrogen and oxygen atoms in total. The molecule has 0 spiro atoms. The summed E-state index contributed by atoms with van der Waals surface area (Å²) in [7, 11) is 0. The zero-order valence-corrected chi connectivity index (χ0v) is 17.4. The average Bonchev–Trinajstić information content (AvgIpc) is 2.45. The van der Waals surface area contributed by atoms with Crippen LogP contribution in [0.25, 0.3) is 0 Å². The van der Waals surface area contributed by atoms with Crippen LogP contribution in [0.5, 0.6) is 11.5 Å². The fraction of sp³-hybridized carbons (Fsp3) is 0.652. The van der Waals surface area contributed by atoms with Gasteiger partial charge in [-0.25, -0.2) is 0 Å². The molecule has 1 aromatic rings. The van der Waals surface area contributed by atoms with Gasteiger partial charge >= 0.3 is 0 Å². The molecule has 2 heteroatoms. The first-order valence-electron chi connectivity index (χ1n) is 9.88. The Hall–Kier alpha value is -1.44. The number of unbranched alkanes of at least 4 members (excludes halogenated alkanes) is 2. The number of benzene rings is 1. The Morgan fingerprint density at radius 1 is 1.20 bits per heavy atom. The van der Waals surface area contributed by atoms with Crippen LogP contribution in [0.3, 0.4) is 0 Å². The Labute approximate surface area is 155 Å². The molecule has 0 saturated heterocycles. The molecule has 0 aliphatic heterocycles. The van der Waals surface area contributed by atoms with Crippen LogP contribution in [0.4, 0.5) is 0 Å². The molecular weight excluding hydrogens is 308 g/mol. The Balaban J connectivity index is 3.17. The standard InChI is InChI=1S/C23H38O2/c1-8-10-11-13-19-15-20(24)22(18(4)14-17(3)12-9-2)21(16-19)25-23(5,6)7/h12,15-16,18,24H,8-11,13-14H2,1-7H3/b17-12-/t18-/m0/s1. The lowest BCUT2D eigenvalue weighted by atomic mass is 9.90. The highest BCUT2D eigenvalue weighted by molar-refractivity contribution is 5.50. The Morgan fingerprint density at radius 3 is 2.44 bits per heavy atom. The van der Waals surface area contributed by atoms with Crippen LogP contribution in [0.2, 0.25) is 0 Å². The highest BCUT2D eigenvalue weighted by atomic mass is 16.5. The number of rotatable bonds is 9. The predicted octanol–water partition coefficient (Wildman–Crippen LogP) is 7.15. The summed E-state index contributed by atoms with van der Waals surface area (Å²) in [4.78, 5) is 0. The van der Waals surface area contributed by atoms with Crippen LogP contribution in [0.15, 0.2) is 23.8 Å². The summed E-state index contributed by atoms with van der Waals surface area (Å²) >= 11 is 0. The van der Waals surface area contributed by atoms with Crippen LogP contribution in [-0.2, 0) is 6.42 Å². The Bertz CT molecular complexity index is 564. The van der Waals surface area contributed by atoms with Gasteiger partial charge in [0.05, 0.1) is 0 Å². The molecule has 142 valence electrons.